The van der Waals surface area contributed by atoms with Gasteiger partial charge in [0.1, 0.15) is 5.76 Å². The Morgan fingerprint density at radius 2 is 2.09 bits per heavy atom. The van der Waals surface area contributed by atoms with E-state index >= 15 is 0 Å². The lowest BCUT2D eigenvalue weighted by Gasteiger charge is -2.15. The van der Waals surface area contributed by atoms with Gasteiger partial charge < -0.3 is 4.74 Å². The van der Waals surface area contributed by atoms with E-state index in [9.17, 15) is 0 Å². The van der Waals surface area contributed by atoms with Crippen molar-refractivity contribution in [2.75, 3.05) is 0 Å². The lowest BCUT2D eigenvalue weighted by molar-refractivity contribution is 0.383. The summed E-state index contributed by atoms with van der Waals surface area (Å²) in [7, 11) is 0. The van der Waals surface area contributed by atoms with Crippen LogP contribution in [0.1, 0.15) is 27.2 Å². The van der Waals surface area contributed by atoms with Crippen LogP contribution >= 0.6 is 0 Å². The van der Waals surface area contributed by atoms with E-state index in [-0.39, 0.29) is 0 Å². The molecule has 0 spiro atoms. The quantitative estimate of drug-likeness (QED) is 0.521. The molecule has 1 aliphatic heterocycles. The normalized spacial score (nSPS) is 25.2. The first-order chi connectivity index (χ1) is 5.26. The second-order valence-electron chi connectivity index (χ2n) is 2.44. The van der Waals surface area contributed by atoms with Gasteiger partial charge in [-0.1, -0.05) is 6.08 Å². The van der Waals surface area contributed by atoms with E-state index in [1.54, 1.807) is 0 Å². The zero-order valence-electron chi connectivity index (χ0n) is 7.22. The number of nitrogens with zero attached hydrogens (tertiary/aromatic N) is 1. The average molecular weight is 151 g/mol. The van der Waals surface area contributed by atoms with Gasteiger partial charge in [0.25, 0.3) is 0 Å². The minimum Gasteiger partial charge on any atom is -0.448 e. The summed E-state index contributed by atoms with van der Waals surface area (Å²) >= 11 is 0. The number of rotatable bonds is 0. The van der Waals surface area contributed by atoms with E-state index in [4.69, 9.17) is 4.74 Å². The highest BCUT2D eigenvalue weighted by molar-refractivity contribution is 5.76. The third-order valence-corrected chi connectivity index (χ3v) is 1.59. The van der Waals surface area contributed by atoms with Crippen LogP contribution < -0.4 is 0 Å². The Balaban J connectivity index is 2.85. The minimum absolute atomic E-state index is 0.734. The van der Waals surface area contributed by atoms with Crippen molar-refractivity contribution in [3.8, 4) is 0 Å². The third-order valence-electron chi connectivity index (χ3n) is 1.59. The van der Waals surface area contributed by atoms with Crippen LogP contribution in [0.15, 0.2) is 28.6 Å². The molecule has 0 saturated heterocycles. The largest absolute Gasteiger partial charge is 0.448 e. The van der Waals surface area contributed by atoms with Crippen molar-refractivity contribution in [1.82, 2.24) is 0 Å². The monoisotopic (exact) mass is 151 g/mol. The maximum absolute atomic E-state index is 5.34. The maximum atomic E-state index is 5.34. The molecule has 0 unspecified atom stereocenters. The van der Waals surface area contributed by atoms with Crippen molar-refractivity contribution in [3.63, 3.8) is 0 Å². The third kappa shape index (κ3) is 1.93. The van der Waals surface area contributed by atoms with E-state index < -0.39 is 0 Å². The SMILES string of the molecule is C/C=C1\C/C(=C\C)OC(C)=N1. The Labute approximate surface area is 67.3 Å². The molecule has 11 heavy (non-hydrogen) atoms. The number of hydrogen-bond donors (Lipinski definition) is 0. The molecule has 1 aliphatic rings. The van der Waals surface area contributed by atoms with Crippen molar-refractivity contribution in [2.24, 2.45) is 4.99 Å². The summed E-state index contributed by atoms with van der Waals surface area (Å²) in [6.07, 6.45) is 4.81. The Morgan fingerprint density at radius 1 is 1.36 bits per heavy atom. The van der Waals surface area contributed by atoms with E-state index in [2.05, 4.69) is 4.99 Å². The van der Waals surface area contributed by atoms with Crippen molar-refractivity contribution in [3.05, 3.63) is 23.6 Å². The molecule has 60 valence electrons. The van der Waals surface area contributed by atoms with Gasteiger partial charge in [-0.3, -0.25) is 0 Å². The van der Waals surface area contributed by atoms with Crippen LogP contribution in [-0.2, 0) is 4.74 Å². The van der Waals surface area contributed by atoms with E-state index in [0.29, 0.717) is 0 Å². The average Bonchev–Trinajstić information content (AvgIpc) is 2.03. The molecule has 2 nitrogen and oxygen atoms in total. The van der Waals surface area contributed by atoms with Crippen LogP contribution in [0.3, 0.4) is 0 Å². The number of aliphatic imine (C=N–C) groups is 1. The fourth-order valence-electron chi connectivity index (χ4n) is 0.997. The highest BCUT2D eigenvalue weighted by Crippen LogP contribution is 2.19. The van der Waals surface area contributed by atoms with Crippen molar-refractivity contribution < 1.29 is 4.74 Å². The van der Waals surface area contributed by atoms with Crippen LogP contribution in [0.4, 0.5) is 0 Å². The Kier molecular flexibility index (Phi) is 2.47. The molecule has 0 N–H and O–H groups in total. The molecule has 0 aliphatic carbocycles. The molecule has 0 amide bonds. The lowest BCUT2D eigenvalue weighted by Crippen LogP contribution is -2.06. The van der Waals surface area contributed by atoms with Gasteiger partial charge in [0.15, 0.2) is 5.90 Å². The van der Waals surface area contributed by atoms with Gasteiger partial charge in [0.2, 0.25) is 0 Å². The van der Waals surface area contributed by atoms with Crippen LogP contribution in [0.2, 0.25) is 0 Å². The molecule has 0 saturated carbocycles. The summed E-state index contributed by atoms with van der Waals surface area (Å²) in [6.45, 7) is 5.83. The first kappa shape index (κ1) is 8.05. The van der Waals surface area contributed by atoms with Gasteiger partial charge in [-0.05, 0) is 19.9 Å². The number of allylic oxidation sites excluding steroid dienone is 2. The second kappa shape index (κ2) is 3.37. The number of hydrogen-bond acceptors (Lipinski definition) is 2. The van der Waals surface area contributed by atoms with Crippen molar-refractivity contribution >= 4 is 5.90 Å². The Morgan fingerprint density at radius 3 is 2.64 bits per heavy atom. The fraction of sp³-hybridized carbons (Fsp3) is 0.444. The summed E-state index contributed by atoms with van der Waals surface area (Å²) in [5, 5.41) is 0. The highest BCUT2D eigenvalue weighted by Gasteiger charge is 2.09. The minimum atomic E-state index is 0.734. The molecule has 0 fully saturated rings. The summed E-state index contributed by atoms with van der Waals surface area (Å²) in [4.78, 5) is 4.21. The predicted molar refractivity (Wildman–Crippen MR) is 46.3 cm³/mol. The van der Waals surface area contributed by atoms with Crippen LogP contribution in [0.25, 0.3) is 0 Å². The molecule has 0 aromatic rings. The van der Waals surface area contributed by atoms with Gasteiger partial charge in [-0.15, -0.1) is 0 Å². The van der Waals surface area contributed by atoms with Crippen LogP contribution in [-0.4, -0.2) is 5.90 Å². The topological polar surface area (TPSA) is 21.6 Å². The Hall–Kier alpha value is -1.05. The number of ether oxygens (including phenoxy) is 1. The van der Waals surface area contributed by atoms with Crippen molar-refractivity contribution in [1.29, 1.82) is 0 Å². The molecule has 0 radical (unpaired) electrons. The molecular formula is C9H13NO. The zero-order chi connectivity index (χ0) is 8.27. The molecule has 0 aromatic carbocycles. The summed E-state index contributed by atoms with van der Waals surface area (Å²) in [5.74, 6) is 1.73. The van der Waals surface area contributed by atoms with Gasteiger partial charge in [0, 0.05) is 19.0 Å². The summed E-state index contributed by atoms with van der Waals surface area (Å²) < 4.78 is 5.34. The standard InChI is InChI=1S/C9H13NO/c1-4-8-6-9(5-2)11-7(3)10-8/h4-5H,6H2,1-3H3/b8-4+,9-5+. The van der Waals surface area contributed by atoms with Gasteiger partial charge in [-0.2, -0.15) is 0 Å². The summed E-state index contributed by atoms with van der Waals surface area (Å²) in [5.41, 5.74) is 1.09. The van der Waals surface area contributed by atoms with E-state index in [1.165, 1.54) is 0 Å². The zero-order valence-corrected chi connectivity index (χ0v) is 7.22. The first-order valence-electron chi connectivity index (χ1n) is 3.79. The molecule has 0 aromatic heterocycles. The first-order valence-corrected chi connectivity index (χ1v) is 3.79. The maximum Gasteiger partial charge on any atom is 0.191 e. The van der Waals surface area contributed by atoms with Gasteiger partial charge in [0.05, 0.1) is 0 Å². The van der Waals surface area contributed by atoms with E-state index in [0.717, 1.165) is 23.8 Å². The molecule has 0 atom stereocenters. The van der Waals surface area contributed by atoms with Gasteiger partial charge >= 0.3 is 0 Å². The fourth-order valence-corrected chi connectivity index (χ4v) is 0.997. The van der Waals surface area contributed by atoms with Crippen molar-refractivity contribution in [2.45, 2.75) is 27.2 Å². The molecular weight excluding hydrogens is 138 g/mol. The smallest absolute Gasteiger partial charge is 0.191 e. The highest BCUT2D eigenvalue weighted by atomic mass is 16.5. The van der Waals surface area contributed by atoms with E-state index in [1.807, 2.05) is 32.9 Å². The Bertz CT molecular complexity index is 236. The van der Waals surface area contributed by atoms with Gasteiger partial charge in [-0.25, -0.2) is 4.99 Å². The summed E-state index contributed by atoms with van der Waals surface area (Å²) in [6, 6.07) is 0. The second-order valence-corrected chi connectivity index (χ2v) is 2.44. The predicted octanol–water partition coefficient (Wildman–Crippen LogP) is 2.63. The molecule has 0 bridgehead atoms. The lowest BCUT2D eigenvalue weighted by atomic mass is 10.2. The van der Waals surface area contributed by atoms with Crippen LogP contribution in [0.5, 0.6) is 0 Å². The molecule has 1 heterocycles. The van der Waals surface area contributed by atoms with Crippen LogP contribution in [0, 0.1) is 0 Å². The molecule has 2 heteroatoms. The molecule has 1 rings (SSSR count).